The van der Waals surface area contributed by atoms with E-state index in [-0.39, 0.29) is 0 Å². The van der Waals surface area contributed by atoms with Gasteiger partial charge in [-0.25, -0.2) is 0 Å². The van der Waals surface area contributed by atoms with Crippen LogP contribution >= 0.6 is 11.3 Å². The molecule has 0 unspecified atom stereocenters. The highest BCUT2D eigenvalue weighted by Crippen LogP contribution is 2.20. The molecule has 0 amide bonds. The van der Waals surface area contributed by atoms with E-state index in [4.69, 9.17) is 10.5 Å². The molecule has 1 aliphatic carbocycles. The Kier molecular flexibility index (Phi) is 4.18. The molecule has 0 aliphatic heterocycles. The van der Waals surface area contributed by atoms with Crippen LogP contribution in [0.25, 0.3) is 0 Å². The quantitative estimate of drug-likeness (QED) is 0.854. The third kappa shape index (κ3) is 3.59. The van der Waals surface area contributed by atoms with Crippen molar-refractivity contribution in [2.24, 2.45) is 5.73 Å². The molecule has 0 atom stereocenters. The largest absolute Gasteiger partial charge is 0.378 e. The van der Waals surface area contributed by atoms with Crippen LogP contribution in [0.4, 0.5) is 0 Å². The fourth-order valence-corrected chi connectivity index (χ4v) is 2.73. The van der Waals surface area contributed by atoms with Crippen molar-refractivity contribution in [2.75, 3.05) is 6.61 Å². The summed E-state index contributed by atoms with van der Waals surface area (Å²) in [6.45, 7) is 0.862. The highest BCUT2D eigenvalue weighted by atomic mass is 32.1. The zero-order valence-electron chi connectivity index (χ0n) is 9.02. The minimum atomic E-state index is 0.419. The van der Waals surface area contributed by atoms with Gasteiger partial charge in [-0.3, -0.25) is 0 Å². The molecular formula is C12H19NOS. The molecule has 3 heteroatoms. The van der Waals surface area contributed by atoms with Crippen LogP contribution in [0.5, 0.6) is 0 Å². The maximum Gasteiger partial charge on any atom is 0.0576 e. The Balaban J connectivity index is 1.62. The molecule has 1 fully saturated rings. The van der Waals surface area contributed by atoms with Crippen molar-refractivity contribution < 1.29 is 4.74 Å². The van der Waals surface area contributed by atoms with Gasteiger partial charge < -0.3 is 10.5 Å². The monoisotopic (exact) mass is 225 g/mol. The minimum absolute atomic E-state index is 0.419. The first-order chi connectivity index (χ1) is 7.34. The van der Waals surface area contributed by atoms with E-state index in [2.05, 4.69) is 17.5 Å². The van der Waals surface area contributed by atoms with Crippen molar-refractivity contribution in [2.45, 2.75) is 44.2 Å². The van der Waals surface area contributed by atoms with Gasteiger partial charge >= 0.3 is 0 Å². The molecule has 0 aromatic carbocycles. The summed E-state index contributed by atoms with van der Waals surface area (Å²) in [6.07, 6.45) is 6.06. The molecule has 1 aromatic heterocycles. The Bertz CT molecular complexity index is 265. The van der Waals surface area contributed by atoms with Gasteiger partial charge in [0.15, 0.2) is 0 Å². The molecule has 0 spiro atoms. The van der Waals surface area contributed by atoms with Crippen LogP contribution in [0.1, 0.15) is 30.6 Å². The lowest BCUT2D eigenvalue weighted by atomic mass is 9.94. The lowest BCUT2D eigenvalue weighted by Gasteiger charge is -2.26. The molecular weight excluding hydrogens is 206 g/mol. The summed E-state index contributed by atoms with van der Waals surface area (Å²) in [7, 11) is 0. The van der Waals surface area contributed by atoms with Crippen molar-refractivity contribution in [3.8, 4) is 0 Å². The van der Waals surface area contributed by atoms with Gasteiger partial charge in [0.2, 0.25) is 0 Å². The van der Waals surface area contributed by atoms with Crippen molar-refractivity contribution in [3.05, 3.63) is 22.4 Å². The van der Waals surface area contributed by atoms with Crippen molar-refractivity contribution in [1.82, 2.24) is 0 Å². The summed E-state index contributed by atoms with van der Waals surface area (Å²) in [4.78, 5) is 1.42. The Morgan fingerprint density at radius 3 is 2.80 bits per heavy atom. The van der Waals surface area contributed by atoms with Gasteiger partial charge in [-0.2, -0.15) is 0 Å². The third-order valence-corrected chi connectivity index (χ3v) is 3.94. The summed E-state index contributed by atoms with van der Waals surface area (Å²) >= 11 is 1.81. The first-order valence-electron chi connectivity index (χ1n) is 5.74. The number of hydrogen-bond donors (Lipinski definition) is 1. The lowest BCUT2D eigenvalue weighted by molar-refractivity contribution is 0.0272. The molecule has 84 valence electrons. The van der Waals surface area contributed by atoms with Gasteiger partial charge in [0.05, 0.1) is 12.7 Å². The van der Waals surface area contributed by atoms with Crippen molar-refractivity contribution in [3.63, 3.8) is 0 Å². The Labute approximate surface area is 95.4 Å². The number of hydrogen-bond acceptors (Lipinski definition) is 3. The van der Waals surface area contributed by atoms with E-state index in [0.29, 0.717) is 12.1 Å². The molecule has 1 aromatic rings. The van der Waals surface area contributed by atoms with Gasteiger partial charge in [-0.1, -0.05) is 6.07 Å². The summed E-state index contributed by atoms with van der Waals surface area (Å²) in [5.74, 6) is 0. The predicted octanol–water partition coefficient (Wildman–Crippen LogP) is 2.58. The molecule has 0 bridgehead atoms. The topological polar surface area (TPSA) is 35.2 Å². The minimum Gasteiger partial charge on any atom is -0.378 e. The van der Waals surface area contributed by atoms with Crippen LogP contribution in [0.15, 0.2) is 17.5 Å². The molecule has 0 radical (unpaired) electrons. The standard InChI is InChI=1S/C12H19NOS/c13-10-3-5-11(6-4-10)14-8-7-12-2-1-9-15-12/h1-2,9-11H,3-8,13H2. The average Bonchev–Trinajstić information content (AvgIpc) is 2.74. The van der Waals surface area contributed by atoms with Crippen molar-refractivity contribution >= 4 is 11.3 Å². The van der Waals surface area contributed by atoms with Gasteiger partial charge in [0, 0.05) is 17.3 Å². The second kappa shape index (κ2) is 5.64. The van der Waals surface area contributed by atoms with E-state index in [9.17, 15) is 0 Å². The Morgan fingerprint density at radius 1 is 1.33 bits per heavy atom. The van der Waals surface area contributed by atoms with Gasteiger partial charge in [-0.05, 0) is 37.1 Å². The van der Waals surface area contributed by atoms with Gasteiger partial charge in [0.1, 0.15) is 0 Å². The van der Waals surface area contributed by atoms with Crippen LogP contribution in [0.2, 0.25) is 0 Å². The maximum absolute atomic E-state index is 5.86. The van der Waals surface area contributed by atoms with Crippen molar-refractivity contribution in [1.29, 1.82) is 0 Å². The first kappa shape index (κ1) is 11.1. The molecule has 15 heavy (non-hydrogen) atoms. The Morgan fingerprint density at radius 2 is 2.13 bits per heavy atom. The van der Waals surface area contributed by atoms with Crippen LogP contribution in [0, 0.1) is 0 Å². The van der Waals surface area contributed by atoms with Crippen LogP contribution in [0.3, 0.4) is 0 Å². The fraction of sp³-hybridized carbons (Fsp3) is 0.667. The number of thiophene rings is 1. The molecule has 2 nitrogen and oxygen atoms in total. The highest BCUT2D eigenvalue weighted by molar-refractivity contribution is 7.09. The summed E-state index contributed by atoms with van der Waals surface area (Å²) in [6, 6.07) is 4.69. The molecule has 0 saturated heterocycles. The predicted molar refractivity (Wildman–Crippen MR) is 64.2 cm³/mol. The van der Waals surface area contributed by atoms with Gasteiger partial charge in [0.25, 0.3) is 0 Å². The number of ether oxygens (including phenoxy) is 1. The highest BCUT2D eigenvalue weighted by Gasteiger charge is 2.18. The van der Waals surface area contributed by atoms with E-state index in [1.807, 2.05) is 11.3 Å². The molecule has 1 heterocycles. The third-order valence-electron chi connectivity index (χ3n) is 3.00. The van der Waals surface area contributed by atoms with Crippen LogP contribution in [-0.2, 0) is 11.2 Å². The van der Waals surface area contributed by atoms with E-state index >= 15 is 0 Å². The molecule has 1 saturated carbocycles. The van der Waals surface area contributed by atoms with Crippen LogP contribution in [-0.4, -0.2) is 18.8 Å². The normalized spacial score (nSPS) is 26.7. The SMILES string of the molecule is NC1CCC(OCCc2cccs2)CC1. The number of rotatable bonds is 4. The fourth-order valence-electron chi connectivity index (χ4n) is 2.04. The average molecular weight is 225 g/mol. The maximum atomic E-state index is 5.86. The molecule has 2 N–H and O–H groups in total. The zero-order valence-corrected chi connectivity index (χ0v) is 9.84. The van der Waals surface area contributed by atoms with Gasteiger partial charge in [-0.15, -0.1) is 11.3 Å². The van der Waals surface area contributed by atoms with E-state index in [1.165, 1.54) is 4.88 Å². The number of nitrogens with two attached hydrogens (primary N) is 1. The second-order valence-corrected chi connectivity index (χ2v) is 5.27. The summed E-state index contributed by atoms with van der Waals surface area (Å²) < 4.78 is 5.86. The smallest absolute Gasteiger partial charge is 0.0576 e. The van der Waals surface area contributed by atoms with E-state index < -0.39 is 0 Å². The lowest BCUT2D eigenvalue weighted by Crippen LogP contribution is -2.30. The summed E-state index contributed by atoms with van der Waals surface area (Å²) in [5, 5.41) is 2.12. The molecule has 1 aliphatic rings. The molecule has 2 rings (SSSR count). The van der Waals surface area contributed by atoms with E-state index in [0.717, 1.165) is 38.7 Å². The first-order valence-corrected chi connectivity index (χ1v) is 6.62. The van der Waals surface area contributed by atoms with Crippen LogP contribution < -0.4 is 5.73 Å². The Hall–Kier alpha value is -0.380. The second-order valence-electron chi connectivity index (χ2n) is 4.24. The zero-order chi connectivity index (χ0) is 10.5. The summed E-state index contributed by atoms with van der Waals surface area (Å²) in [5.41, 5.74) is 5.85. The van der Waals surface area contributed by atoms with E-state index in [1.54, 1.807) is 0 Å².